The van der Waals surface area contributed by atoms with Crippen LogP contribution in [-0.4, -0.2) is 17.2 Å². The van der Waals surface area contributed by atoms with Crippen molar-refractivity contribution in [3.8, 4) is 33.6 Å². The van der Waals surface area contributed by atoms with Crippen LogP contribution in [0.15, 0.2) is 255 Å². The fourth-order valence-corrected chi connectivity index (χ4v) is 15.2. The molecule has 0 spiro atoms. The van der Waals surface area contributed by atoms with Gasteiger partial charge in [0.25, 0.3) is 0 Å². The molecule has 2 aromatic heterocycles. The molecule has 3 heteroatoms. The molecule has 0 aliphatic rings. The van der Waals surface area contributed by atoms with Crippen molar-refractivity contribution in [2.45, 2.75) is 0 Å². The summed E-state index contributed by atoms with van der Waals surface area (Å²) in [7, 11) is -2.82. The molecule has 10 aromatic carbocycles. The Morgan fingerprint density at radius 1 is 0.286 bits per heavy atom. The first-order chi connectivity index (χ1) is 31.3. The van der Waals surface area contributed by atoms with Gasteiger partial charge >= 0.3 is 0 Å². The van der Waals surface area contributed by atoms with E-state index >= 15 is 0 Å². The quantitative estimate of drug-likeness (QED) is 0.107. The van der Waals surface area contributed by atoms with Gasteiger partial charge < -0.3 is 9.13 Å². The zero-order valence-corrected chi connectivity index (χ0v) is 35.6. The minimum Gasteiger partial charge on any atom is -0.309 e. The molecule has 0 saturated heterocycles. The van der Waals surface area contributed by atoms with Gasteiger partial charge in [-0.3, -0.25) is 0 Å². The van der Waals surface area contributed by atoms with Gasteiger partial charge in [0.1, 0.15) is 0 Å². The number of hydrogen-bond acceptors (Lipinski definition) is 0. The van der Waals surface area contributed by atoms with Gasteiger partial charge in [0.15, 0.2) is 8.07 Å². The first-order valence-corrected chi connectivity index (χ1v) is 23.8. The molecule has 0 radical (unpaired) electrons. The van der Waals surface area contributed by atoms with Gasteiger partial charge in [-0.05, 0) is 62.2 Å². The summed E-state index contributed by atoms with van der Waals surface area (Å²) in [5.41, 5.74) is 11.8. The van der Waals surface area contributed by atoms with E-state index in [1.165, 1.54) is 92.3 Å². The highest BCUT2D eigenvalue weighted by Crippen LogP contribution is 2.45. The molecule has 0 N–H and O–H groups in total. The van der Waals surface area contributed by atoms with Crippen LogP contribution < -0.4 is 20.7 Å². The van der Waals surface area contributed by atoms with Crippen molar-refractivity contribution in [2.24, 2.45) is 0 Å². The highest BCUT2D eigenvalue weighted by molar-refractivity contribution is 7.20. The molecule has 12 rings (SSSR count). The Hall–Kier alpha value is -7.98. The van der Waals surface area contributed by atoms with Gasteiger partial charge in [0.2, 0.25) is 0 Å². The van der Waals surface area contributed by atoms with Crippen LogP contribution in [0.5, 0.6) is 0 Å². The lowest BCUT2D eigenvalue weighted by Gasteiger charge is -2.34. The number of nitrogens with zero attached hydrogens (tertiary/aromatic N) is 2. The predicted molar refractivity (Wildman–Crippen MR) is 270 cm³/mol. The number of aromatic nitrogens is 2. The van der Waals surface area contributed by atoms with Crippen LogP contribution in [0.4, 0.5) is 0 Å². The van der Waals surface area contributed by atoms with E-state index in [9.17, 15) is 0 Å². The lowest BCUT2D eigenvalue weighted by atomic mass is 9.95. The summed E-state index contributed by atoms with van der Waals surface area (Å²) in [5, 5.41) is 10.4. The molecule has 0 aliphatic carbocycles. The Labute approximate surface area is 368 Å². The van der Waals surface area contributed by atoms with E-state index < -0.39 is 8.07 Å². The van der Waals surface area contributed by atoms with Gasteiger partial charge in [-0.1, -0.05) is 224 Å². The van der Waals surface area contributed by atoms with Crippen LogP contribution in [0.3, 0.4) is 0 Å². The molecular weight excluding hydrogens is 777 g/mol. The fraction of sp³-hybridized carbons (Fsp3) is 0. The summed E-state index contributed by atoms with van der Waals surface area (Å²) in [5.74, 6) is 0. The van der Waals surface area contributed by atoms with Gasteiger partial charge in [-0.2, -0.15) is 0 Å². The maximum atomic E-state index is 2.55. The smallest absolute Gasteiger partial charge is 0.179 e. The second-order valence-electron chi connectivity index (χ2n) is 16.4. The minimum atomic E-state index is -2.82. The summed E-state index contributed by atoms with van der Waals surface area (Å²) in [6, 6.07) is 94.2. The van der Waals surface area contributed by atoms with Crippen LogP contribution in [0.1, 0.15) is 0 Å². The van der Waals surface area contributed by atoms with Crippen molar-refractivity contribution in [3.63, 3.8) is 0 Å². The molecule has 0 aliphatic heterocycles. The highest BCUT2D eigenvalue weighted by atomic mass is 28.3. The van der Waals surface area contributed by atoms with Gasteiger partial charge in [-0.25, -0.2) is 0 Å². The molecular formula is C60H42N2Si. The van der Waals surface area contributed by atoms with E-state index in [1.807, 2.05) is 0 Å². The Morgan fingerprint density at radius 3 is 1.32 bits per heavy atom. The lowest BCUT2D eigenvalue weighted by molar-refractivity contribution is 1.18. The first-order valence-electron chi connectivity index (χ1n) is 21.8. The summed E-state index contributed by atoms with van der Waals surface area (Å²) in [4.78, 5) is 0. The van der Waals surface area contributed by atoms with Crippen molar-refractivity contribution in [1.29, 1.82) is 0 Å². The maximum Gasteiger partial charge on any atom is 0.179 e. The largest absolute Gasteiger partial charge is 0.309 e. The van der Waals surface area contributed by atoms with Crippen molar-refractivity contribution in [3.05, 3.63) is 255 Å². The van der Waals surface area contributed by atoms with Crippen LogP contribution in [-0.2, 0) is 0 Å². The van der Waals surface area contributed by atoms with E-state index in [0.29, 0.717) is 0 Å². The molecule has 63 heavy (non-hydrogen) atoms. The summed E-state index contributed by atoms with van der Waals surface area (Å²) in [6.45, 7) is 0. The Balaban J connectivity index is 1.23. The van der Waals surface area contributed by atoms with Crippen molar-refractivity contribution < 1.29 is 0 Å². The minimum absolute atomic E-state index is 1.14. The summed E-state index contributed by atoms with van der Waals surface area (Å²) in [6.07, 6.45) is 0. The van der Waals surface area contributed by atoms with Crippen LogP contribution in [0, 0.1) is 0 Å². The maximum absolute atomic E-state index is 2.82. The fourth-order valence-electron chi connectivity index (χ4n) is 10.4. The Bertz CT molecular complexity index is 3420. The molecule has 2 nitrogen and oxygen atoms in total. The predicted octanol–water partition coefficient (Wildman–Crippen LogP) is 12.6. The molecule has 0 saturated carbocycles. The standard InChI is InChI=1S/C60H42N2Si/c1-7-22-43(23-8-1)50-35-21-36-51(44-24-9-2-10-25-44)59(50)62-55-37-20-19-34-54(55)58-56(62)41-40-53-52-39-38-49(42-57(52)61(60(53)58)45-26-11-3-12-27-45)63(46-28-13-4-14-29-46,47-30-15-5-16-31-47)48-32-17-6-18-33-48/h1-42H. The van der Waals surface area contributed by atoms with Crippen LogP contribution >= 0.6 is 0 Å². The van der Waals surface area contributed by atoms with Crippen molar-refractivity contribution >= 4 is 72.4 Å². The van der Waals surface area contributed by atoms with Gasteiger partial charge in [0.05, 0.1) is 27.8 Å². The van der Waals surface area contributed by atoms with Crippen molar-refractivity contribution in [1.82, 2.24) is 9.13 Å². The SMILES string of the molecule is c1ccc(-c2cccc(-c3ccccc3)c2-n2c3ccccc3c3c2ccc2c4ccc([Si](c5ccccc5)(c5ccccc5)c5ccccc5)cc4n(-c4ccccc4)c23)cc1. The second-order valence-corrected chi connectivity index (χ2v) is 20.2. The molecule has 296 valence electrons. The van der Waals surface area contributed by atoms with E-state index in [4.69, 9.17) is 0 Å². The summed E-state index contributed by atoms with van der Waals surface area (Å²) < 4.78 is 5.08. The molecule has 0 bridgehead atoms. The number of para-hydroxylation sites is 3. The zero-order chi connectivity index (χ0) is 41.7. The molecule has 12 aromatic rings. The van der Waals surface area contributed by atoms with Gasteiger partial charge in [0, 0.05) is 38.4 Å². The summed E-state index contributed by atoms with van der Waals surface area (Å²) >= 11 is 0. The number of rotatable bonds is 8. The molecule has 0 atom stereocenters. The topological polar surface area (TPSA) is 9.86 Å². The average molecular weight is 819 g/mol. The third kappa shape index (κ3) is 5.78. The zero-order valence-electron chi connectivity index (χ0n) is 34.6. The van der Waals surface area contributed by atoms with E-state index in [0.717, 1.165) is 5.69 Å². The molecule has 0 amide bonds. The first kappa shape index (κ1) is 36.8. The molecule has 0 unspecified atom stereocenters. The third-order valence-corrected chi connectivity index (χ3v) is 17.8. The monoisotopic (exact) mass is 818 g/mol. The number of benzene rings is 10. The lowest BCUT2D eigenvalue weighted by Crippen LogP contribution is -2.74. The van der Waals surface area contributed by atoms with Crippen LogP contribution in [0.2, 0.25) is 0 Å². The van der Waals surface area contributed by atoms with E-state index in [2.05, 4.69) is 264 Å². The normalized spacial score (nSPS) is 11.8. The number of hydrogen-bond donors (Lipinski definition) is 0. The Morgan fingerprint density at radius 2 is 0.762 bits per heavy atom. The van der Waals surface area contributed by atoms with Crippen LogP contribution in [0.25, 0.3) is 77.2 Å². The number of fused-ring (bicyclic) bond motifs is 7. The average Bonchev–Trinajstić information content (AvgIpc) is 3.88. The molecule has 2 heterocycles. The molecule has 0 fully saturated rings. The van der Waals surface area contributed by atoms with Crippen molar-refractivity contribution in [2.75, 3.05) is 0 Å². The second kappa shape index (κ2) is 15.2. The Kier molecular flexibility index (Phi) is 8.87. The van der Waals surface area contributed by atoms with Gasteiger partial charge in [-0.15, -0.1) is 0 Å². The highest BCUT2D eigenvalue weighted by Gasteiger charge is 2.41. The van der Waals surface area contributed by atoms with E-state index in [1.54, 1.807) is 0 Å². The third-order valence-electron chi connectivity index (χ3n) is 13.1. The van der Waals surface area contributed by atoms with E-state index in [-0.39, 0.29) is 0 Å².